The monoisotopic (exact) mass is 335 g/mol. The molecule has 0 saturated heterocycles. The third-order valence-corrected chi connectivity index (χ3v) is 4.41. The molecule has 4 rings (SSSR count). The van der Waals surface area contributed by atoms with Gasteiger partial charge in [0, 0.05) is 29.8 Å². The van der Waals surface area contributed by atoms with E-state index < -0.39 is 11.7 Å². The van der Waals surface area contributed by atoms with Crippen LogP contribution < -0.4 is 15.3 Å². The van der Waals surface area contributed by atoms with Crippen molar-refractivity contribution in [1.82, 2.24) is 0 Å². The summed E-state index contributed by atoms with van der Waals surface area (Å²) in [6.45, 7) is 2.40. The maximum absolute atomic E-state index is 12.8. The van der Waals surface area contributed by atoms with E-state index in [-0.39, 0.29) is 5.91 Å². The minimum Gasteiger partial charge on any atom is -0.481 e. The Hall–Kier alpha value is -3.08. The summed E-state index contributed by atoms with van der Waals surface area (Å²) in [5.74, 6) is 0.412. The third kappa shape index (κ3) is 2.89. The van der Waals surface area contributed by atoms with Gasteiger partial charge in [0.25, 0.3) is 5.91 Å². The lowest BCUT2D eigenvalue weighted by atomic mass is 10.2. The zero-order valence-corrected chi connectivity index (χ0v) is 13.8. The van der Waals surface area contributed by atoms with Gasteiger partial charge >= 0.3 is 5.63 Å². The van der Waals surface area contributed by atoms with Gasteiger partial charge in [-0.05, 0) is 43.2 Å². The highest BCUT2D eigenvalue weighted by atomic mass is 16.5. The molecule has 1 aliphatic rings. The molecule has 1 atom stereocenters. The fourth-order valence-electron chi connectivity index (χ4n) is 3.16. The Balaban J connectivity index is 1.55. The molecule has 1 aliphatic heterocycles. The average molecular weight is 335 g/mol. The molecule has 0 N–H and O–H groups in total. The Kier molecular flexibility index (Phi) is 3.76. The van der Waals surface area contributed by atoms with Crippen LogP contribution in [0, 0.1) is 0 Å². The first-order valence-corrected chi connectivity index (χ1v) is 8.22. The van der Waals surface area contributed by atoms with Crippen LogP contribution in [0.25, 0.3) is 11.0 Å². The predicted octanol–water partition coefficient (Wildman–Crippen LogP) is 3.15. The zero-order valence-electron chi connectivity index (χ0n) is 13.8. The Bertz CT molecular complexity index is 1010. The van der Waals surface area contributed by atoms with Crippen LogP contribution in [-0.2, 0) is 11.2 Å². The summed E-state index contributed by atoms with van der Waals surface area (Å²) in [6, 6.07) is 16.2. The molecule has 25 heavy (non-hydrogen) atoms. The molecule has 2 aromatic carbocycles. The molecular weight excluding hydrogens is 318 g/mol. The van der Waals surface area contributed by atoms with E-state index in [2.05, 4.69) is 0 Å². The van der Waals surface area contributed by atoms with Gasteiger partial charge in [0.1, 0.15) is 11.3 Å². The summed E-state index contributed by atoms with van der Waals surface area (Å²) in [5.41, 5.74) is 2.15. The van der Waals surface area contributed by atoms with Crippen LogP contribution >= 0.6 is 0 Å². The third-order valence-electron chi connectivity index (χ3n) is 4.41. The van der Waals surface area contributed by atoms with Crippen molar-refractivity contribution in [3.8, 4) is 5.75 Å². The number of fused-ring (bicyclic) bond motifs is 2. The number of benzene rings is 2. The first kappa shape index (κ1) is 15.4. The Morgan fingerprint density at radius 3 is 2.84 bits per heavy atom. The van der Waals surface area contributed by atoms with Gasteiger partial charge in [-0.1, -0.05) is 18.2 Å². The van der Waals surface area contributed by atoms with E-state index in [0.717, 1.165) is 17.5 Å². The van der Waals surface area contributed by atoms with Crippen LogP contribution in [0.5, 0.6) is 5.75 Å². The SMILES string of the molecule is C[C@@H](Oc1ccc2ccc(=O)oc2c1)C(=O)N1CCc2ccccc21. The minimum absolute atomic E-state index is 0.0837. The topological polar surface area (TPSA) is 59.8 Å². The molecule has 1 aromatic heterocycles. The first-order valence-electron chi connectivity index (χ1n) is 8.22. The maximum atomic E-state index is 12.8. The fourth-order valence-corrected chi connectivity index (χ4v) is 3.16. The summed E-state index contributed by atoms with van der Waals surface area (Å²) < 4.78 is 11.0. The molecule has 2 heterocycles. The second-order valence-corrected chi connectivity index (χ2v) is 6.08. The largest absolute Gasteiger partial charge is 0.481 e. The van der Waals surface area contributed by atoms with E-state index in [4.69, 9.17) is 9.15 Å². The van der Waals surface area contributed by atoms with Crippen LogP contribution in [0.4, 0.5) is 5.69 Å². The van der Waals surface area contributed by atoms with E-state index in [1.165, 1.54) is 11.6 Å². The number of carbonyl (C=O) groups is 1. The van der Waals surface area contributed by atoms with Gasteiger partial charge < -0.3 is 14.1 Å². The number of para-hydroxylation sites is 1. The predicted molar refractivity (Wildman–Crippen MR) is 95.1 cm³/mol. The number of rotatable bonds is 3. The van der Waals surface area contributed by atoms with Gasteiger partial charge in [-0.3, -0.25) is 4.79 Å². The summed E-state index contributed by atoms with van der Waals surface area (Å²) in [4.78, 5) is 25.9. The second kappa shape index (κ2) is 6.09. The van der Waals surface area contributed by atoms with Crippen molar-refractivity contribution >= 4 is 22.6 Å². The zero-order chi connectivity index (χ0) is 17.4. The first-order chi connectivity index (χ1) is 12.1. The number of hydrogen-bond donors (Lipinski definition) is 0. The van der Waals surface area contributed by atoms with Crippen molar-refractivity contribution in [3.05, 3.63) is 70.6 Å². The summed E-state index contributed by atoms with van der Waals surface area (Å²) in [6.07, 6.45) is 0.217. The van der Waals surface area contributed by atoms with Crippen molar-refractivity contribution in [3.63, 3.8) is 0 Å². The number of ether oxygens (including phenoxy) is 1. The standard InChI is InChI=1S/C20H17NO4/c1-13(20(23)21-11-10-14-4-2-3-5-17(14)21)24-16-8-6-15-7-9-19(22)25-18(15)12-16/h2-9,12-13H,10-11H2,1H3/t13-/m1/s1. The highest BCUT2D eigenvalue weighted by molar-refractivity contribution is 5.98. The van der Waals surface area contributed by atoms with E-state index in [1.807, 2.05) is 24.3 Å². The molecule has 0 radical (unpaired) electrons. The highest BCUT2D eigenvalue weighted by Gasteiger charge is 2.28. The molecule has 1 amide bonds. The van der Waals surface area contributed by atoms with Crippen molar-refractivity contribution in [2.75, 3.05) is 11.4 Å². The Labute approximate surface area is 144 Å². The molecule has 5 heteroatoms. The van der Waals surface area contributed by atoms with Crippen molar-refractivity contribution in [1.29, 1.82) is 0 Å². The fraction of sp³-hybridized carbons (Fsp3) is 0.200. The molecule has 5 nitrogen and oxygen atoms in total. The minimum atomic E-state index is -0.640. The second-order valence-electron chi connectivity index (χ2n) is 6.08. The van der Waals surface area contributed by atoms with Crippen LogP contribution in [-0.4, -0.2) is 18.6 Å². The van der Waals surface area contributed by atoms with E-state index in [1.54, 1.807) is 36.1 Å². The smallest absolute Gasteiger partial charge is 0.336 e. The van der Waals surface area contributed by atoms with E-state index in [0.29, 0.717) is 17.9 Å². The van der Waals surface area contributed by atoms with Gasteiger partial charge in [0.15, 0.2) is 6.10 Å². The van der Waals surface area contributed by atoms with Crippen LogP contribution in [0.2, 0.25) is 0 Å². The highest BCUT2D eigenvalue weighted by Crippen LogP contribution is 2.28. The maximum Gasteiger partial charge on any atom is 0.336 e. The van der Waals surface area contributed by atoms with Gasteiger partial charge in [-0.25, -0.2) is 4.79 Å². The van der Waals surface area contributed by atoms with Crippen LogP contribution in [0.1, 0.15) is 12.5 Å². The molecule has 0 unspecified atom stereocenters. The summed E-state index contributed by atoms with van der Waals surface area (Å²) >= 11 is 0. The lowest BCUT2D eigenvalue weighted by Crippen LogP contribution is -2.39. The lowest BCUT2D eigenvalue weighted by Gasteiger charge is -2.22. The lowest BCUT2D eigenvalue weighted by molar-refractivity contribution is -0.124. The van der Waals surface area contributed by atoms with Crippen molar-refractivity contribution < 1.29 is 13.9 Å². The molecule has 0 fully saturated rings. The van der Waals surface area contributed by atoms with Crippen molar-refractivity contribution in [2.24, 2.45) is 0 Å². The molecule has 0 bridgehead atoms. The number of anilines is 1. The van der Waals surface area contributed by atoms with Gasteiger partial charge in [-0.2, -0.15) is 0 Å². The van der Waals surface area contributed by atoms with Gasteiger partial charge in [-0.15, -0.1) is 0 Å². The summed E-state index contributed by atoms with van der Waals surface area (Å²) in [7, 11) is 0. The van der Waals surface area contributed by atoms with Crippen molar-refractivity contribution in [2.45, 2.75) is 19.4 Å². The van der Waals surface area contributed by atoms with Crippen LogP contribution in [0.15, 0.2) is 63.8 Å². The molecule has 0 saturated carbocycles. The average Bonchev–Trinajstić information content (AvgIpc) is 3.04. The Morgan fingerprint density at radius 1 is 1.16 bits per heavy atom. The number of hydrogen-bond acceptors (Lipinski definition) is 4. The number of amides is 1. The van der Waals surface area contributed by atoms with E-state index >= 15 is 0 Å². The molecular formula is C20H17NO4. The van der Waals surface area contributed by atoms with Gasteiger partial charge in [0.2, 0.25) is 0 Å². The van der Waals surface area contributed by atoms with Crippen LogP contribution in [0.3, 0.4) is 0 Å². The normalized spacial score (nSPS) is 14.4. The molecule has 0 spiro atoms. The number of carbonyl (C=O) groups excluding carboxylic acids is 1. The van der Waals surface area contributed by atoms with E-state index in [9.17, 15) is 9.59 Å². The van der Waals surface area contributed by atoms with Gasteiger partial charge in [0.05, 0.1) is 0 Å². The Morgan fingerprint density at radius 2 is 1.96 bits per heavy atom. The number of nitrogens with zero attached hydrogens (tertiary/aromatic N) is 1. The molecule has 0 aliphatic carbocycles. The quantitative estimate of drug-likeness (QED) is 0.690. The molecule has 126 valence electrons. The summed E-state index contributed by atoms with van der Waals surface area (Å²) in [5, 5.41) is 0.805. The molecule has 3 aromatic rings.